The van der Waals surface area contributed by atoms with Crippen LogP contribution in [-0.2, 0) is 16.6 Å². The summed E-state index contributed by atoms with van der Waals surface area (Å²) in [7, 11) is 0. The van der Waals surface area contributed by atoms with Crippen LogP contribution in [0.2, 0.25) is 0 Å². The van der Waals surface area contributed by atoms with Gasteiger partial charge in [0.2, 0.25) is 0 Å². The van der Waals surface area contributed by atoms with Crippen LogP contribution in [0, 0.1) is 6.92 Å². The van der Waals surface area contributed by atoms with Crippen molar-refractivity contribution >= 4 is 5.91 Å². The molecule has 5 heteroatoms. The number of amides is 1. The van der Waals surface area contributed by atoms with E-state index >= 15 is 0 Å². The second kappa shape index (κ2) is 5.95. The van der Waals surface area contributed by atoms with Crippen LogP contribution >= 0.6 is 0 Å². The number of nitrogens with zero attached hydrogens (tertiary/aromatic N) is 2. The zero-order valence-electron chi connectivity index (χ0n) is 15.2. The van der Waals surface area contributed by atoms with E-state index in [-0.39, 0.29) is 23.4 Å². The lowest BCUT2D eigenvalue weighted by Gasteiger charge is -2.24. The molecule has 26 heavy (non-hydrogen) atoms. The Morgan fingerprint density at radius 1 is 1.31 bits per heavy atom. The summed E-state index contributed by atoms with van der Waals surface area (Å²) in [6.45, 7) is 3.44. The van der Waals surface area contributed by atoms with Gasteiger partial charge in [-0.05, 0) is 56.2 Å². The number of carbonyl (C=O) groups is 1. The lowest BCUT2D eigenvalue weighted by Crippen LogP contribution is -2.33. The average Bonchev–Trinajstić information content (AvgIpc) is 3.01. The van der Waals surface area contributed by atoms with Crippen LogP contribution in [-0.4, -0.2) is 34.9 Å². The first-order valence-corrected chi connectivity index (χ1v) is 9.70. The summed E-state index contributed by atoms with van der Waals surface area (Å²) in [5, 5.41) is 7.91. The number of carbonyl (C=O) groups excluding carboxylic acids is 1. The molecule has 1 spiro atoms. The number of rotatable bonds is 3. The predicted molar refractivity (Wildman–Crippen MR) is 98.4 cm³/mol. The summed E-state index contributed by atoms with van der Waals surface area (Å²) in [6, 6.07) is 11.1. The first-order chi connectivity index (χ1) is 12.7. The number of benzene rings is 1. The third kappa shape index (κ3) is 2.49. The number of hydrogen-bond donors (Lipinski definition) is 1. The van der Waals surface area contributed by atoms with E-state index in [9.17, 15) is 4.79 Å². The number of aryl methyl sites for hydroxylation is 2. The fourth-order valence-corrected chi connectivity index (χ4v) is 4.91. The zero-order valence-corrected chi connectivity index (χ0v) is 15.2. The van der Waals surface area contributed by atoms with Crippen LogP contribution < -0.4 is 5.32 Å². The van der Waals surface area contributed by atoms with E-state index in [0.29, 0.717) is 5.69 Å². The van der Waals surface area contributed by atoms with Gasteiger partial charge in [-0.3, -0.25) is 9.48 Å². The Hall–Kier alpha value is -2.14. The Kier molecular flexibility index (Phi) is 3.67. The van der Waals surface area contributed by atoms with Crippen molar-refractivity contribution in [2.75, 3.05) is 13.2 Å². The van der Waals surface area contributed by atoms with Crippen molar-refractivity contribution in [2.24, 2.45) is 0 Å². The molecule has 0 radical (unpaired) electrons. The highest BCUT2D eigenvalue weighted by Gasteiger charge is 2.58. The van der Waals surface area contributed by atoms with E-state index in [1.165, 1.54) is 11.1 Å². The van der Waals surface area contributed by atoms with Gasteiger partial charge in [0, 0.05) is 24.7 Å². The molecule has 1 saturated heterocycles. The monoisotopic (exact) mass is 351 g/mol. The smallest absolute Gasteiger partial charge is 0.269 e. The van der Waals surface area contributed by atoms with Gasteiger partial charge in [-0.15, -0.1) is 0 Å². The van der Waals surface area contributed by atoms with E-state index in [1.54, 1.807) is 0 Å². The molecule has 5 rings (SSSR count). The molecule has 1 aromatic carbocycles. The quantitative estimate of drug-likeness (QED) is 0.925. The molecule has 2 atom stereocenters. The van der Waals surface area contributed by atoms with E-state index in [2.05, 4.69) is 34.7 Å². The summed E-state index contributed by atoms with van der Waals surface area (Å²) in [6.07, 6.45) is 5.17. The number of hydrogen-bond acceptors (Lipinski definition) is 3. The first-order valence-electron chi connectivity index (χ1n) is 9.70. The fraction of sp³-hybridized carbons (Fsp3) is 0.524. The van der Waals surface area contributed by atoms with Gasteiger partial charge in [-0.2, -0.15) is 5.10 Å². The second-order valence-corrected chi connectivity index (χ2v) is 8.00. The van der Waals surface area contributed by atoms with Crippen LogP contribution in [0.25, 0.3) is 0 Å². The minimum atomic E-state index is 0.0170. The van der Waals surface area contributed by atoms with E-state index in [0.717, 1.165) is 51.0 Å². The maximum absolute atomic E-state index is 13.0. The van der Waals surface area contributed by atoms with Crippen LogP contribution in [0.4, 0.5) is 0 Å². The number of nitrogens with one attached hydrogen (secondary N) is 1. The van der Waals surface area contributed by atoms with Gasteiger partial charge < -0.3 is 10.1 Å². The number of aromatic nitrogens is 2. The summed E-state index contributed by atoms with van der Waals surface area (Å²) < 4.78 is 7.39. The summed E-state index contributed by atoms with van der Waals surface area (Å²) in [4.78, 5) is 13.0. The van der Waals surface area contributed by atoms with Crippen molar-refractivity contribution in [2.45, 2.75) is 56.5 Å². The zero-order chi connectivity index (χ0) is 17.7. The Balaban J connectivity index is 1.35. The summed E-state index contributed by atoms with van der Waals surface area (Å²) in [5.74, 6) is 0.0170. The van der Waals surface area contributed by atoms with Gasteiger partial charge in [0.05, 0.1) is 11.7 Å². The topological polar surface area (TPSA) is 56.2 Å². The van der Waals surface area contributed by atoms with Crippen LogP contribution in [0.3, 0.4) is 0 Å². The van der Waals surface area contributed by atoms with Gasteiger partial charge in [0.15, 0.2) is 0 Å². The third-order valence-electron chi connectivity index (χ3n) is 6.40. The van der Waals surface area contributed by atoms with Crippen molar-refractivity contribution in [3.63, 3.8) is 0 Å². The highest BCUT2D eigenvalue weighted by Crippen LogP contribution is 2.56. The SMILES string of the molecule is Cc1cc(C(=O)NC2CC23CCc2ccccc23)n(C2CCOCC2)n1. The Bertz CT molecular complexity index is 853. The Morgan fingerprint density at radius 3 is 2.96 bits per heavy atom. The van der Waals surface area contributed by atoms with E-state index in [1.807, 2.05) is 17.7 Å². The van der Waals surface area contributed by atoms with Gasteiger partial charge in [0.1, 0.15) is 5.69 Å². The molecular formula is C21H25N3O2. The van der Waals surface area contributed by atoms with Crippen molar-refractivity contribution in [1.29, 1.82) is 0 Å². The standard InChI is InChI=1S/C21H25N3O2/c1-14-12-18(24(23-14)16-7-10-26-11-8-16)20(25)22-19-13-21(19)9-6-15-4-2-3-5-17(15)21/h2-5,12,16,19H,6-11,13H2,1H3,(H,22,25). The van der Waals surface area contributed by atoms with Crippen LogP contribution in [0.5, 0.6) is 0 Å². The molecule has 1 saturated carbocycles. The highest BCUT2D eigenvalue weighted by atomic mass is 16.5. The molecule has 1 aliphatic heterocycles. The molecule has 1 amide bonds. The number of fused-ring (bicyclic) bond motifs is 2. The maximum atomic E-state index is 13.0. The van der Waals surface area contributed by atoms with Crippen molar-refractivity contribution < 1.29 is 9.53 Å². The Labute approximate surface area is 153 Å². The largest absolute Gasteiger partial charge is 0.381 e. The van der Waals surface area contributed by atoms with Gasteiger partial charge in [0.25, 0.3) is 5.91 Å². The minimum Gasteiger partial charge on any atom is -0.381 e. The van der Waals surface area contributed by atoms with Crippen molar-refractivity contribution in [3.05, 3.63) is 52.8 Å². The second-order valence-electron chi connectivity index (χ2n) is 8.00. The van der Waals surface area contributed by atoms with E-state index in [4.69, 9.17) is 4.74 Å². The van der Waals surface area contributed by atoms with Gasteiger partial charge in [-0.25, -0.2) is 0 Å². The Morgan fingerprint density at radius 2 is 2.12 bits per heavy atom. The molecule has 1 N–H and O–H groups in total. The van der Waals surface area contributed by atoms with Crippen LogP contribution in [0.15, 0.2) is 30.3 Å². The highest BCUT2D eigenvalue weighted by molar-refractivity contribution is 5.93. The number of ether oxygens (including phenoxy) is 1. The minimum absolute atomic E-state index is 0.0170. The summed E-state index contributed by atoms with van der Waals surface area (Å²) >= 11 is 0. The molecule has 2 unspecified atom stereocenters. The molecule has 2 aromatic rings. The molecule has 136 valence electrons. The van der Waals surface area contributed by atoms with Crippen molar-refractivity contribution in [3.8, 4) is 0 Å². The molecule has 2 aliphatic carbocycles. The molecule has 5 nitrogen and oxygen atoms in total. The average molecular weight is 351 g/mol. The molecule has 2 heterocycles. The molecular weight excluding hydrogens is 326 g/mol. The predicted octanol–water partition coefficient (Wildman–Crippen LogP) is 2.93. The molecule has 3 aliphatic rings. The third-order valence-corrected chi connectivity index (χ3v) is 6.40. The van der Waals surface area contributed by atoms with Crippen molar-refractivity contribution in [1.82, 2.24) is 15.1 Å². The summed E-state index contributed by atoms with van der Waals surface area (Å²) in [5.41, 5.74) is 4.66. The normalized spacial score (nSPS) is 27.5. The lowest BCUT2D eigenvalue weighted by atomic mass is 9.97. The molecule has 2 fully saturated rings. The van der Waals surface area contributed by atoms with E-state index < -0.39 is 0 Å². The fourth-order valence-electron chi connectivity index (χ4n) is 4.91. The lowest BCUT2D eigenvalue weighted by molar-refractivity contribution is 0.0641. The molecule has 0 bridgehead atoms. The van der Waals surface area contributed by atoms with Gasteiger partial charge in [-0.1, -0.05) is 24.3 Å². The molecule has 1 aromatic heterocycles. The van der Waals surface area contributed by atoms with Crippen LogP contribution in [0.1, 0.15) is 59.0 Å². The first kappa shape index (κ1) is 16.1. The maximum Gasteiger partial charge on any atom is 0.269 e. The van der Waals surface area contributed by atoms with Gasteiger partial charge >= 0.3 is 0 Å².